The van der Waals surface area contributed by atoms with Gasteiger partial charge in [-0.1, -0.05) is 12.8 Å². The monoisotopic (exact) mass is 303 g/mol. The zero-order valence-electron chi connectivity index (χ0n) is 12.2. The van der Waals surface area contributed by atoms with E-state index in [2.05, 4.69) is 10.2 Å². The van der Waals surface area contributed by atoms with Crippen LogP contribution in [-0.4, -0.2) is 69.1 Å². The number of carbonyl (C=O) groups is 1. The average Bonchev–Trinajstić information content (AvgIpc) is 2.92. The van der Waals surface area contributed by atoms with Gasteiger partial charge in [0.15, 0.2) is 0 Å². The Morgan fingerprint density at radius 3 is 2.30 bits per heavy atom. The SMILES string of the molecule is CS(=O)(=O)N1CCN(CCNC(=O)C2CCCC2)CC1. The van der Waals surface area contributed by atoms with Crippen LogP contribution in [-0.2, 0) is 14.8 Å². The highest BCUT2D eigenvalue weighted by molar-refractivity contribution is 7.88. The Morgan fingerprint density at radius 2 is 1.75 bits per heavy atom. The van der Waals surface area contributed by atoms with Crippen molar-refractivity contribution >= 4 is 15.9 Å². The van der Waals surface area contributed by atoms with Crippen LogP contribution in [0.15, 0.2) is 0 Å². The molecule has 1 saturated carbocycles. The second-order valence-electron chi connectivity index (χ2n) is 5.78. The number of hydrogen-bond acceptors (Lipinski definition) is 4. The molecule has 116 valence electrons. The number of rotatable bonds is 5. The van der Waals surface area contributed by atoms with Gasteiger partial charge in [0.25, 0.3) is 0 Å². The molecule has 1 aliphatic carbocycles. The Labute approximate surface area is 121 Å². The third-order valence-electron chi connectivity index (χ3n) is 4.25. The molecule has 0 atom stereocenters. The van der Waals surface area contributed by atoms with E-state index in [1.807, 2.05) is 0 Å². The first-order valence-corrected chi connectivity index (χ1v) is 9.27. The Balaban J connectivity index is 1.62. The maximum Gasteiger partial charge on any atom is 0.223 e. The van der Waals surface area contributed by atoms with E-state index in [-0.39, 0.29) is 11.8 Å². The number of nitrogens with zero attached hydrogens (tertiary/aromatic N) is 2. The molecule has 2 rings (SSSR count). The number of nitrogens with one attached hydrogen (secondary N) is 1. The van der Waals surface area contributed by atoms with Crippen molar-refractivity contribution in [1.29, 1.82) is 0 Å². The lowest BCUT2D eigenvalue weighted by Crippen LogP contribution is -2.50. The van der Waals surface area contributed by atoms with E-state index in [9.17, 15) is 13.2 Å². The molecular weight excluding hydrogens is 278 g/mol. The van der Waals surface area contributed by atoms with Gasteiger partial charge in [0, 0.05) is 45.2 Å². The molecule has 1 saturated heterocycles. The molecule has 0 unspecified atom stereocenters. The summed E-state index contributed by atoms with van der Waals surface area (Å²) in [5.74, 6) is 0.411. The van der Waals surface area contributed by atoms with Gasteiger partial charge in [0.05, 0.1) is 6.26 Å². The summed E-state index contributed by atoms with van der Waals surface area (Å²) in [7, 11) is -3.06. The predicted molar refractivity (Wildman–Crippen MR) is 77.8 cm³/mol. The van der Waals surface area contributed by atoms with E-state index in [0.29, 0.717) is 19.6 Å². The molecule has 1 aliphatic heterocycles. The van der Waals surface area contributed by atoms with Crippen molar-refractivity contribution in [2.45, 2.75) is 25.7 Å². The van der Waals surface area contributed by atoms with Crippen LogP contribution in [0.5, 0.6) is 0 Å². The standard InChI is InChI=1S/C13H25N3O3S/c1-20(18,19)16-10-8-15(9-11-16)7-6-14-13(17)12-4-2-3-5-12/h12H,2-11H2,1H3,(H,14,17). The molecule has 1 amide bonds. The smallest absolute Gasteiger partial charge is 0.223 e. The number of sulfonamides is 1. The third kappa shape index (κ3) is 4.43. The normalized spacial score (nSPS) is 23.1. The molecule has 2 aliphatic rings. The molecule has 7 heteroatoms. The van der Waals surface area contributed by atoms with Gasteiger partial charge in [0.1, 0.15) is 0 Å². The average molecular weight is 303 g/mol. The molecule has 20 heavy (non-hydrogen) atoms. The zero-order chi connectivity index (χ0) is 14.6. The highest BCUT2D eigenvalue weighted by Gasteiger charge is 2.24. The summed E-state index contributed by atoms with van der Waals surface area (Å²) >= 11 is 0. The summed E-state index contributed by atoms with van der Waals surface area (Å²) in [6.45, 7) is 4.05. The maximum absolute atomic E-state index is 11.9. The van der Waals surface area contributed by atoms with E-state index in [1.54, 1.807) is 0 Å². The molecule has 0 bridgehead atoms. The first-order valence-electron chi connectivity index (χ1n) is 7.42. The minimum absolute atomic E-state index is 0.192. The summed E-state index contributed by atoms with van der Waals surface area (Å²) in [5, 5.41) is 3.00. The van der Waals surface area contributed by atoms with Crippen LogP contribution in [0.3, 0.4) is 0 Å². The Hall–Kier alpha value is -0.660. The van der Waals surface area contributed by atoms with Gasteiger partial charge in [-0.15, -0.1) is 0 Å². The van der Waals surface area contributed by atoms with Crippen molar-refractivity contribution in [2.24, 2.45) is 5.92 Å². The van der Waals surface area contributed by atoms with Crippen molar-refractivity contribution < 1.29 is 13.2 Å². The molecule has 1 N–H and O–H groups in total. The van der Waals surface area contributed by atoms with Gasteiger partial charge in [-0.25, -0.2) is 8.42 Å². The molecule has 0 aromatic carbocycles. The fourth-order valence-electron chi connectivity index (χ4n) is 2.95. The van der Waals surface area contributed by atoms with Crippen molar-refractivity contribution in [3.8, 4) is 0 Å². The third-order valence-corrected chi connectivity index (χ3v) is 5.56. The van der Waals surface area contributed by atoms with Crippen LogP contribution in [0.25, 0.3) is 0 Å². The highest BCUT2D eigenvalue weighted by Crippen LogP contribution is 2.24. The lowest BCUT2D eigenvalue weighted by atomic mass is 10.1. The van der Waals surface area contributed by atoms with Gasteiger partial charge in [0.2, 0.25) is 15.9 Å². The molecule has 2 fully saturated rings. The molecule has 1 heterocycles. The quantitative estimate of drug-likeness (QED) is 0.768. The highest BCUT2D eigenvalue weighted by atomic mass is 32.2. The molecule has 0 aromatic heterocycles. The molecule has 0 aromatic rings. The van der Waals surface area contributed by atoms with Gasteiger partial charge < -0.3 is 5.32 Å². The second kappa shape index (κ2) is 6.87. The van der Waals surface area contributed by atoms with Crippen LogP contribution in [0.2, 0.25) is 0 Å². The molecule has 6 nitrogen and oxygen atoms in total. The summed E-state index contributed by atoms with van der Waals surface area (Å²) in [6.07, 6.45) is 5.65. The van der Waals surface area contributed by atoms with Gasteiger partial charge in [-0.05, 0) is 12.8 Å². The fraction of sp³-hybridized carbons (Fsp3) is 0.923. The largest absolute Gasteiger partial charge is 0.355 e. The number of amides is 1. The molecule has 0 radical (unpaired) electrons. The topological polar surface area (TPSA) is 69.7 Å². The van der Waals surface area contributed by atoms with E-state index < -0.39 is 10.0 Å². The van der Waals surface area contributed by atoms with E-state index in [1.165, 1.54) is 23.4 Å². The first-order chi connectivity index (χ1) is 9.47. The van der Waals surface area contributed by atoms with Crippen LogP contribution in [0.1, 0.15) is 25.7 Å². The van der Waals surface area contributed by atoms with Crippen LogP contribution < -0.4 is 5.32 Å². The minimum Gasteiger partial charge on any atom is -0.355 e. The Kier molecular flexibility index (Phi) is 5.40. The van der Waals surface area contributed by atoms with Crippen molar-refractivity contribution in [1.82, 2.24) is 14.5 Å². The lowest BCUT2D eigenvalue weighted by molar-refractivity contribution is -0.124. The fourth-order valence-corrected chi connectivity index (χ4v) is 3.78. The summed E-state index contributed by atoms with van der Waals surface area (Å²) in [4.78, 5) is 14.1. The maximum atomic E-state index is 11.9. The zero-order valence-corrected chi connectivity index (χ0v) is 13.0. The van der Waals surface area contributed by atoms with Crippen molar-refractivity contribution in [3.63, 3.8) is 0 Å². The van der Waals surface area contributed by atoms with Crippen LogP contribution >= 0.6 is 0 Å². The summed E-state index contributed by atoms with van der Waals surface area (Å²) in [6, 6.07) is 0. The number of piperazine rings is 1. The first kappa shape index (κ1) is 15.7. The van der Waals surface area contributed by atoms with E-state index in [0.717, 1.165) is 32.5 Å². The van der Waals surface area contributed by atoms with Crippen molar-refractivity contribution in [3.05, 3.63) is 0 Å². The lowest BCUT2D eigenvalue weighted by Gasteiger charge is -2.33. The predicted octanol–water partition coefficient (Wildman–Crippen LogP) is -0.130. The number of carbonyl (C=O) groups excluding carboxylic acids is 1. The van der Waals surface area contributed by atoms with Gasteiger partial charge in [-0.2, -0.15) is 4.31 Å². The molecular formula is C13H25N3O3S. The van der Waals surface area contributed by atoms with Gasteiger partial charge >= 0.3 is 0 Å². The van der Waals surface area contributed by atoms with Crippen LogP contribution in [0, 0.1) is 5.92 Å². The van der Waals surface area contributed by atoms with Gasteiger partial charge in [-0.3, -0.25) is 9.69 Å². The van der Waals surface area contributed by atoms with Crippen LogP contribution in [0.4, 0.5) is 0 Å². The molecule has 0 spiro atoms. The second-order valence-corrected chi connectivity index (χ2v) is 7.76. The number of hydrogen-bond donors (Lipinski definition) is 1. The van der Waals surface area contributed by atoms with E-state index in [4.69, 9.17) is 0 Å². The minimum atomic E-state index is -3.06. The van der Waals surface area contributed by atoms with Crippen molar-refractivity contribution in [2.75, 3.05) is 45.5 Å². The summed E-state index contributed by atoms with van der Waals surface area (Å²) in [5.41, 5.74) is 0. The summed E-state index contributed by atoms with van der Waals surface area (Å²) < 4.78 is 24.3. The van der Waals surface area contributed by atoms with E-state index >= 15 is 0 Å². The Bertz CT molecular complexity index is 424. The Morgan fingerprint density at radius 1 is 1.15 bits per heavy atom.